The molecule has 2 saturated heterocycles. The number of aromatic nitrogens is 1. The summed E-state index contributed by atoms with van der Waals surface area (Å²) in [6, 6.07) is 13.4. The summed E-state index contributed by atoms with van der Waals surface area (Å²) in [5.74, 6) is 0.662. The van der Waals surface area contributed by atoms with Crippen molar-refractivity contribution >= 4 is 46.7 Å². The second kappa shape index (κ2) is 12.9. The summed E-state index contributed by atoms with van der Waals surface area (Å²) in [7, 11) is -0.619. The van der Waals surface area contributed by atoms with E-state index in [-0.39, 0.29) is 16.9 Å². The monoisotopic (exact) mass is 711 g/mol. The highest BCUT2D eigenvalue weighted by molar-refractivity contribution is 6.62. The summed E-state index contributed by atoms with van der Waals surface area (Å²) in [5.41, 5.74) is 6.11. The summed E-state index contributed by atoms with van der Waals surface area (Å²) in [6.45, 7) is 20.3. The molecule has 3 aliphatic heterocycles. The van der Waals surface area contributed by atoms with E-state index in [0.717, 1.165) is 59.3 Å². The molecule has 5 heterocycles. The minimum absolute atomic E-state index is 0.00235. The average molecular weight is 712 g/mol. The van der Waals surface area contributed by atoms with Crippen molar-refractivity contribution in [3.63, 3.8) is 0 Å². The van der Waals surface area contributed by atoms with Crippen molar-refractivity contribution in [2.24, 2.45) is 5.41 Å². The first-order valence-electron chi connectivity index (χ1n) is 17.8. The summed E-state index contributed by atoms with van der Waals surface area (Å²) in [4.78, 5) is 20.9. The maximum absolute atomic E-state index is 13.8. The lowest BCUT2D eigenvalue weighted by Crippen LogP contribution is -2.41. The summed E-state index contributed by atoms with van der Waals surface area (Å²) in [5, 5.41) is 4.61. The molecule has 7 rings (SSSR count). The molecule has 2 aromatic carbocycles. The molecule has 51 heavy (non-hydrogen) atoms. The maximum Gasteiger partial charge on any atom is 0.495 e. The predicted molar refractivity (Wildman–Crippen MR) is 204 cm³/mol. The van der Waals surface area contributed by atoms with Crippen molar-refractivity contribution in [3.05, 3.63) is 92.6 Å². The molecular weight excluding hydrogens is 665 g/mol. The van der Waals surface area contributed by atoms with Crippen LogP contribution in [0.5, 0.6) is 0 Å². The number of nitrogens with one attached hydrogen (secondary N) is 1. The number of hydrogen-bond acceptors (Lipinski definition) is 9. The Morgan fingerprint density at radius 3 is 2.27 bits per heavy atom. The lowest BCUT2D eigenvalue weighted by Gasteiger charge is -2.37. The molecule has 4 aromatic rings. The van der Waals surface area contributed by atoms with Crippen LogP contribution in [-0.4, -0.2) is 36.4 Å². The van der Waals surface area contributed by atoms with E-state index in [9.17, 15) is 4.79 Å². The second-order valence-corrected chi connectivity index (χ2v) is 16.3. The zero-order chi connectivity index (χ0) is 36.5. The van der Waals surface area contributed by atoms with Gasteiger partial charge >= 0.3 is 7.12 Å². The fraction of sp³-hybridized carbons (Fsp3) is 0.450. The number of piperidine rings is 1. The first kappa shape index (κ1) is 35.4. The Balaban J connectivity index is 1.26. The van der Waals surface area contributed by atoms with Gasteiger partial charge in [0.15, 0.2) is 5.43 Å². The highest BCUT2D eigenvalue weighted by atomic mass is 35.5. The van der Waals surface area contributed by atoms with Crippen LogP contribution in [0.15, 0.2) is 64.2 Å². The van der Waals surface area contributed by atoms with Crippen molar-refractivity contribution in [1.29, 1.82) is 0 Å². The van der Waals surface area contributed by atoms with Crippen LogP contribution in [0.25, 0.3) is 22.2 Å². The van der Waals surface area contributed by atoms with Crippen molar-refractivity contribution in [2.75, 3.05) is 23.3 Å². The van der Waals surface area contributed by atoms with Gasteiger partial charge in [-0.15, -0.1) is 0 Å². The molecule has 0 unspecified atom stereocenters. The van der Waals surface area contributed by atoms with Crippen molar-refractivity contribution < 1.29 is 23.2 Å². The van der Waals surface area contributed by atoms with E-state index < -0.39 is 24.6 Å². The van der Waals surface area contributed by atoms with E-state index in [1.165, 1.54) is 12.5 Å². The molecule has 11 heteroatoms. The van der Waals surface area contributed by atoms with Crippen LogP contribution in [-0.2, 0) is 18.8 Å². The maximum atomic E-state index is 13.8. The van der Waals surface area contributed by atoms with Crippen LogP contribution >= 0.6 is 11.6 Å². The number of pyridine rings is 1. The van der Waals surface area contributed by atoms with Crippen LogP contribution < -0.4 is 21.1 Å². The van der Waals surface area contributed by atoms with Gasteiger partial charge in [0, 0.05) is 29.8 Å². The standard InChI is InChI=1S/C40H47BClN3O6/c1-23-20-27(35-29(21-23)34(46)24(2)36(49-35)45-16-14-38(4,5)15-17-45)25(3)43-31-12-13-32(42)44-33(31)26-10-11-30(28(22-26)37-47-18-19-48-37)41-50-39(6,7)40(8,9)51-41/h10-13,18-22,25,37,43H,14-17H2,1-9H3/t25-/m1/s1. The van der Waals surface area contributed by atoms with E-state index in [0.29, 0.717) is 33.3 Å². The molecule has 9 nitrogen and oxygen atoms in total. The average Bonchev–Trinajstić information content (AvgIpc) is 3.68. The van der Waals surface area contributed by atoms with E-state index in [1.807, 2.05) is 71.9 Å². The first-order valence-corrected chi connectivity index (χ1v) is 18.1. The van der Waals surface area contributed by atoms with Crippen LogP contribution in [0.1, 0.15) is 95.9 Å². The van der Waals surface area contributed by atoms with E-state index >= 15 is 0 Å². The van der Waals surface area contributed by atoms with Gasteiger partial charge in [-0.3, -0.25) is 4.79 Å². The number of benzene rings is 2. The fourth-order valence-electron chi connectivity index (χ4n) is 7.07. The number of aryl methyl sites for hydroxylation is 1. The molecule has 0 aliphatic carbocycles. The van der Waals surface area contributed by atoms with Gasteiger partial charge in [0.05, 0.1) is 39.6 Å². The normalized spacial score (nSPS) is 20.0. The molecule has 1 atom stereocenters. The number of halogens is 1. The van der Waals surface area contributed by atoms with E-state index in [4.69, 9.17) is 39.8 Å². The number of ether oxygens (including phenoxy) is 2. The molecule has 1 N–H and O–H groups in total. The fourth-order valence-corrected chi connectivity index (χ4v) is 7.22. The van der Waals surface area contributed by atoms with Gasteiger partial charge in [-0.25, -0.2) is 4.98 Å². The van der Waals surface area contributed by atoms with Gasteiger partial charge in [-0.2, -0.15) is 0 Å². The van der Waals surface area contributed by atoms with Gasteiger partial charge in [-0.1, -0.05) is 43.6 Å². The van der Waals surface area contributed by atoms with E-state index in [1.54, 1.807) is 6.07 Å². The molecule has 0 saturated carbocycles. The smallest absolute Gasteiger partial charge is 0.455 e. The molecule has 0 spiro atoms. The number of fused-ring (bicyclic) bond motifs is 1. The van der Waals surface area contributed by atoms with Crippen LogP contribution in [0, 0.1) is 19.3 Å². The summed E-state index contributed by atoms with van der Waals surface area (Å²) in [6.07, 6.45) is 4.45. The van der Waals surface area contributed by atoms with Crippen LogP contribution in [0.2, 0.25) is 5.15 Å². The summed E-state index contributed by atoms with van der Waals surface area (Å²) >= 11 is 6.53. The number of nitrogens with zero attached hydrogens (tertiary/aromatic N) is 2. The Hall–Kier alpha value is -3.99. The van der Waals surface area contributed by atoms with Crippen LogP contribution in [0.3, 0.4) is 0 Å². The topological polar surface area (TPSA) is 95.3 Å². The molecule has 0 amide bonds. The number of anilines is 2. The predicted octanol–water partition coefficient (Wildman–Crippen LogP) is 8.74. The molecular formula is C40H47BClN3O6. The van der Waals surface area contributed by atoms with Crippen molar-refractivity contribution in [3.8, 4) is 11.3 Å². The third-order valence-electron chi connectivity index (χ3n) is 11.1. The van der Waals surface area contributed by atoms with Crippen molar-refractivity contribution in [2.45, 2.75) is 98.7 Å². The Morgan fingerprint density at radius 1 is 0.941 bits per heavy atom. The van der Waals surface area contributed by atoms with E-state index in [2.05, 4.69) is 37.1 Å². The minimum atomic E-state index is -0.682. The third-order valence-corrected chi connectivity index (χ3v) is 11.3. The first-order chi connectivity index (χ1) is 24.0. The van der Waals surface area contributed by atoms with Gasteiger partial charge in [-0.05, 0) is 102 Å². The molecule has 2 aromatic heterocycles. The molecule has 268 valence electrons. The molecule has 0 bridgehead atoms. The largest absolute Gasteiger partial charge is 0.495 e. The van der Waals surface area contributed by atoms with Crippen molar-refractivity contribution in [1.82, 2.24) is 4.98 Å². The molecule has 0 radical (unpaired) electrons. The zero-order valence-corrected chi connectivity index (χ0v) is 31.7. The molecule has 2 fully saturated rings. The quantitative estimate of drug-likeness (QED) is 0.149. The zero-order valence-electron chi connectivity index (χ0n) is 31.0. The van der Waals surface area contributed by atoms with Crippen LogP contribution in [0.4, 0.5) is 11.6 Å². The number of hydrogen-bond donors (Lipinski definition) is 1. The highest BCUT2D eigenvalue weighted by Crippen LogP contribution is 2.40. The van der Waals surface area contributed by atoms with Gasteiger partial charge in [0.1, 0.15) is 23.3 Å². The Bertz CT molecular complexity index is 2060. The minimum Gasteiger partial charge on any atom is -0.455 e. The van der Waals surface area contributed by atoms with Gasteiger partial charge in [0.2, 0.25) is 5.88 Å². The van der Waals surface area contributed by atoms with Gasteiger partial charge in [0.25, 0.3) is 6.29 Å². The number of rotatable bonds is 7. The lowest BCUT2D eigenvalue weighted by atomic mass is 9.75. The second-order valence-electron chi connectivity index (χ2n) is 15.9. The third kappa shape index (κ3) is 6.62. The molecule has 3 aliphatic rings. The SMILES string of the molecule is Cc1cc([C@@H](C)Nc2ccc(Cl)nc2-c2ccc(B3OC(C)(C)C(C)(C)O3)c(C3OC=CO3)c2)c2oc(N3CCC(C)(C)CC3)c(C)c(=O)c2c1. The van der Waals surface area contributed by atoms with Gasteiger partial charge < -0.3 is 33.4 Å². The Kier molecular flexibility index (Phi) is 8.96. The Morgan fingerprint density at radius 2 is 1.61 bits per heavy atom. The highest BCUT2D eigenvalue weighted by Gasteiger charge is 2.52. The lowest BCUT2D eigenvalue weighted by molar-refractivity contribution is -0.0239. The summed E-state index contributed by atoms with van der Waals surface area (Å²) < 4.78 is 31.2. The Labute approximate surface area is 305 Å².